The van der Waals surface area contributed by atoms with Gasteiger partial charge in [-0.3, -0.25) is 14.7 Å². The Bertz CT molecular complexity index is 1190. The molecule has 8 nitrogen and oxygen atoms in total. The number of hydrogen-bond donors (Lipinski definition) is 2. The molecule has 1 aromatic heterocycles. The molecule has 1 unspecified atom stereocenters. The van der Waals surface area contributed by atoms with Crippen molar-refractivity contribution in [3.63, 3.8) is 0 Å². The molecular formula is C22H25N2O6PS. The lowest BCUT2D eigenvalue weighted by Gasteiger charge is -2.20. The average Bonchev–Trinajstić information content (AvgIpc) is 3.18. The number of benzene rings is 2. The summed E-state index contributed by atoms with van der Waals surface area (Å²) < 4.78 is 18.9. The summed E-state index contributed by atoms with van der Waals surface area (Å²) in [7, 11) is -2.37. The van der Waals surface area contributed by atoms with Crippen LogP contribution in [0.5, 0.6) is 0 Å². The van der Waals surface area contributed by atoms with Crippen LogP contribution in [0.1, 0.15) is 34.6 Å². The molecule has 1 heterocycles. The first-order chi connectivity index (χ1) is 15.2. The van der Waals surface area contributed by atoms with Gasteiger partial charge in [0.05, 0.1) is 21.5 Å². The van der Waals surface area contributed by atoms with Crippen LogP contribution in [0.25, 0.3) is 10.4 Å². The van der Waals surface area contributed by atoms with Gasteiger partial charge in [0.2, 0.25) is 0 Å². The zero-order valence-corrected chi connectivity index (χ0v) is 20.1. The lowest BCUT2D eigenvalue weighted by molar-refractivity contribution is -0.384. The number of nitro groups is 1. The summed E-state index contributed by atoms with van der Waals surface area (Å²) in [4.78, 5) is 22.9. The van der Waals surface area contributed by atoms with Crippen molar-refractivity contribution in [2.24, 2.45) is 0 Å². The van der Waals surface area contributed by atoms with Crippen LogP contribution in [-0.2, 0) is 9.09 Å². The van der Waals surface area contributed by atoms with Crippen molar-refractivity contribution in [3.05, 3.63) is 74.6 Å². The first kappa shape index (κ1) is 25.3. The van der Waals surface area contributed by atoms with E-state index in [1.165, 1.54) is 25.3 Å². The molecule has 2 N–H and O–H groups in total. The van der Waals surface area contributed by atoms with E-state index < -0.39 is 18.4 Å². The van der Waals surface area contributed by atoms with E-state index in [9.17, 15) is 24.6 Å². The minimum atomic E-state index is -3.65. The van der Waals surface area contributed by atoms with Crippen LogP contribution in [0.15, 0.2) is 48.5 Å². The number of carboxylic acids is 1. The maximum absolute atomic E-state index is 13.6. The Labute approximate surface area is 190 Å². The summed E-state index contributed by atoms with van der Waals surface area (Å²) in [5, 5.41) is 24.2. The highest BCUT2D eigenvalue weighted by Gasteiger charge is 2.30. The number of nitrogens with one attached hydrogen (secondary N) is 1. The Morgan fingerprint density at radius 2 is 1.81 bits per heavy atom. The monoisotopic (exact) mass is 476 g/mol. The van der Waals surface area contributed by atoms with Crippen molar-refractivity contribution in [3.8, 4) is 10.4 Å². The predicted molar refractivity (Wildman–Crippen MR) is 129 cm³/mol. The number of nitrogens with zero attached hydrogens (tertiary/aromatic N) is 1. The molecule has 0 aliphatic heterocycles. The van der Waals surface area contributed by atoms with Gasteiger partial charge < -0.3 is 14.7 Å². The number of aryl methyl sites for hydroxylation is 2. The maximum atomic E-state index is 13.6. The van der Waals surface area contributed by atoms with Gasteiger partial charge >= 0.3 is 13.5 Å². The molecule has 32 heavy (non-hydrogen) atoms. The lowest BCUT2D eigenvalue weighted by atomic mass is 10.1. The summed E-state index contributed by atoms with van der Waals surface area (Å²) >= 11 is 0.862. The van der Waals surface area contributed by atoms with Crippen LogP contribution in [0.3, 0.4) is 0 Å². The topological polar surface area (TPSA) is 119 Å². The predicted octanol–water partition coefficient (Wildman–Crippen LogP) is 6.24. The van der Waals surface area contributed by atoms with E-state index in [1.807, 2.05) is 26.8 Å². The Balaban J connectivity index is 0.00000176. The van der Waals surface area contributed by atoms with Crippen molar-refractivity contribution in [1.29, 1.82) is 0 Å². The van der Waals surface area contributed by atoms with Gasteiger partial charge in [0, 0.05) is 18.1 Å². The zero-order valence-electron chi connectivity index (χ0n) is 18.4. The molecule has 0 amide bonds. The van der Waals surface area contributed by atoms with Crippen LogP contribution in [0, 0.1) is 24.0 Å². The molecule has 0 aliphatic rings. The molecule has 0 radical (unpaired) electrons. The van der Waals surface area contributed by atoms with Gasteiger partial charge in [0.15, 0.2) is 0 Å². The molecule has 0 saturated carbocycles. The van der Waals surface area contributed by atoms with Crippen LogP contribution in [0.4, 0.5) is 11.4 Å². The summed E-state index contributed by atoms with van der Waals surface area (Å²) in [6.45, 7) is 7.70. The number of rotatable bonds is 7. The quantitative estimate of drug-likeness (QED) is 0.235. The fourth-order valence-electron chi connectivity index (χ4n) is 3.11. The van der Waals surface area contributed by atoms with Crippen molar-refractivity contribution in [2.45, 2.75) is 27.7 Å². The Morgan fingerprint density at radius 3 is 2.38 bits per heavy atom. The molecule has 0 aliphatic carbocycles. The van der Waals surface area contributed by atoms with Crippen LogP contribution >= 0.6 is 18.9 Å². The lowest BCUT2D eigenvalue weighted by Crippen LogP contribution is -2.17. The number of nitro benzene ring substituents is 1. The number of hydrogen-bond acceptors (Lipinski definition) is 6. The third-order valence-electron chi connectivity index (χ3n) is 4.49. The largest absolute Gasteiger partial charge is 0.477 e. The Hall–Kier alpha value is -3.00. The summed E-state index contributed by atoms with van der Waals surface area (Å²) in [5.74, 6) is -1.24. The third-order valence-corrected chi connectivity index (χ3v) is 7.83. The SMILES string of the molecule is CC.COP(=O)(Nc1cc(-c2ccccc2[N+](=O)[O-])sc1C(=O)O)c1ccc(C)cc1C. The molecule has 1 atom stereocenters. The second kappa shape index (κ2) is 10.5. The summed E-state index contributed by atoms with van der Waals surface area (Å²) in [6.07, 6.45) is 0. The minimum Gasteiger partial charge on any atom is -0.477 e. The first-order valence-corrected chi connectivity index (χ1v) is 12.2. The van der Waals surface area contributed by atoms with Crippen LogP contribution in [-0.4, -0.2) is 23.1 Å². The number of carboxylic acid groups (broad SMARTS) is 1. The molecule has 0 saturated heterocycles. The number of anilines is 1. The van der Waals surface area contributed by atoms with Gasteiger partial charge in [-0.05, 0) is 37.6 Å². The highest BCUT2D eigenvalue weighted by molar-refractivity contribution is 7.68. The van der Waals surface area contributed by atoms with E-state index in [0.717, 1.165) is 22.5 Å². The zero-order chi connectivity index (χ0) is 24.1. The molecule has 0 spiro atoms. The van der Waals surface area contributed by atoms with E-state index in [4.69, 9.17) is 4.52 Å². The number of aromatic carboxylic acids is 1. The molecule has 3 aromatic rings. The van der Waals surface area contributed by atoms with Gasteiger partial charge in [0.1, 0.15) is 4.88 Å². The number of carbonyl (C=O) groups is 1. The highest BCUT2D eigenvalue weighted by atomic mass is 32.1. The molecule has 3 rings (SSSR count). The summed E-state index contributed by atoms with van der Waals surface area (Å²) in [5.41, 5.74) is 1.93. The van der Waals surface area contributed by atoms with Crippen molar-refractivity contribution in [2.75, 3.05) is 12.2 Å². The van der Waals surface area contributed by atoms with E-state index in [-0.39, 0.29) is 21.8 Å². The number of para-hydroxylation sites is 1. The van der Waals surface area contributed by atoms with Crippen molar-refractivity contribution < 1.29 is 23.9 Å². The van der Waals surface area contributed by atoms with Crippen LogP contribution in [0.2, 0.25) is 0 Å². The second-order valence-electron chi connectivity index (χ2n) is 6.57. The van der Waals surface area contributed by atoms with E-state index >= 15 is 0 Å². The standard InChI is InChI=1S/C20H19N2O6PS.C2H6/c1-12-8-9-17(13(2)10-12)29(27,28-3)21-15-11-18(30-19(15)20(23)24)14-6-4-5-7-16(14)22(25)26;1-2/h4-11H,1-3H3,(H,21,27)(H,23,24);1-2H3. The Morgan fingerprint density at radius 1 is 1.16 bits per heavy atom. The van der Waals surface area contributed by atoms with E-state index in [0.29, 0.717) is 10.2 Å². The van der Waals surface area contributed by atoms with Gasteiger partial charge in [-0.15, -0.1) is 11.3 Å². The minimum absolute atomic E-state index is 0.0748. The highest BCUT2D eigenvalue weighted by Crippen LogP contribution is 2.49. The third kappa shape index (κ3) is 5.24. The normalized spacial score (nSPS) is 12.3. The summed E-state index contributed by atoms with van der Waals surface area (Å²) in [6, 6.07) is 12.8. The fraction of sp³-hybridized carbons (Fsp3) is 0.227. The molecule has 2 aromatic carbocycles. The average molecular weight is 476 g/mol. The fourth-order valence-corrected chi connectivity index (χ4v) is 5.87. The Kier molecular flexibility index (Phi) is 8.32. The van der Waals surface area contributed by atoms with Gasteiger partial charge in [-0.2, -0.15) is 0 Å². The van der Waals surface area contributed by atoms with Gasteiger partial charge in [0.25, 0.3) is 5.69 Å². The molecule has 170 valence electrons. The smallest absolute Gasteiger partial charge is 0.348 e. The molecule has 0 fully saturated rings. The van der Waals surface area contributed by atoms with E-state index in [1.54, 1.807) is 31.2 Å². The van der Waals surface area contributed by atoms with Crippen LogP contribution < -0.4 is 10.4 Å². The first-order valence-electron chi connectivity index (χ1n) is 9.79. The van der Waals surface area contributed by atoms with Gasteiger partial charge in [-0.1, -0.05) is 43.7 Å². The second-order valence-corrected chi connectivity index (χ2v) is 9.79. The number of thiophene rings is 1. The maximum Gasteiger partial charge on any atom is 0.348 e. The van der Waals surface area contributed by atoms with E-state index in [2.05, 4.69) is 5.09 Å². The van der Waals surface area contributed by atoms with Gasteiger partial charge in [-0.25, -0.2) is 4.79 Å². The molecular weight excluding hydrogens is 451 g/mol. The molecule has 0 bridgehead atoms. The van der Waals surface area contributed by atoms with Crippen molar-refractivity contribution in [1.82, 2.24) is 0 Å². The molecule has 10 heteroatoms. The van der Waals surface area contributed by atoms with Crippen molar-refractivity contribution >= 4 is 41.5 Å².